The third-order valence-corrected chi connectivity index (χ3v) is 4.17. The minimum Gasteiger partial charge on any atom is -0.478 e. The Morgan fingerprint density at radius 3 is 1.79 bits per heavy atom. The van der Waals surface area contributed by atoms with E-state index in [2.05, 4.69) is 0 Å². The first-order chi connectivity index (χ1) is 13.3. The molecule has 0 heterocycles. The molecule has 0 aromatic heterocycles. The van der Waals surface area contributed by atoms with E-state index in [1.807, 2.05) is 43.3 Å². The molecule has 140 valence electrons. The zero-order valence-corrected chi connectivity index (χ0v) is 14.9. The van der Waals surface area contributed by atoms with Crippen LogP contribution in [0.4, 0.5) is 0 Å². The van der Waals surface area contributed by atoms with Crippen LogP contribution in [0, 0.1) is 6.92 Å². The number of carboxylic acid groups (broad SMARTS) is 2. The third-order valence-electron chi connectivity index (χ3n) is 4.17. The van der Waals surface area contributed by atoms with E-state index < -0.39 is 29.0 Å². The lowest BCUT2D eigenvalue weighted by Gasteiger charge is -2.08. The number of rotatable bonds is 5. The zero-order valence-electron chi connectivity index (χ0n) is 14.9. The van der Waals surface area contributed by atoms with Crippen molar-refractivity contribution in [3.63, 3.8) is 0 Å². The molecule has 0 spiro atoms. The van der Waals surface area contributed by atoms with Crippen molar-refractivity contribution in [1.29, 1.82) is 0 Å². The molecule has 3 aromatic carbocycles. The fraction of sp³-hybridized carbons (Fsp3) is 0.0455. The van der Waals surface area contributed by atoms with Crippen molar-refractivity contribution >= 4 is 17.9 Å². The summed E-state index contributed by atoms with van der Waals surface area (Å²) in [6.45, 7) is 2.01. The van der Waals surface area contributed by atoms with Gasteiger partial charge in [0.15, 0.2) is 0 Å². The Hall–Kier alpha value is -3.93. The predicted octanol–water partition coefficient (Wildman–Crippen LogP) is 4.28. The van der Waals surface area contributed by atoms with Crippen molar-refractivity contribution in [2.24, 2.45) is 0 Å². The lowest BCUT2D eigenvalue weighted by Crippen LogP contribution is -2.13. The lowest BCUT2D eigenvalue weighted by atomic mass is 10.0. The number of ether oxygens (including phenoxy) is 1. The maximum absolute atomic E-state index is 12.3. The van der Waals surface area contributed by atoms with Gasteiger partial charge in [-0.05, 0) is 48.4 Å². The molecule has 6 heteroatoms. The summed E-state index contributed by atoms with van der Waals surface area (Å²) in [7, 11) is 0. The minimum absolute atomic E-state index is 0.0509. The number of carboxylic acids is 2. The molecule has 3 aromatic rings. The molecule has 6 nitrogen and oxygen atoms in total. The molecule has 0 bridgehead atoms. The summed E-state index contributed by atoms with van der Waals surface area (Å²) in [5, 5.41) is 18.2. The molecule has 28 heavy (non-hydrogen) atoms. The van der Waals surface area contributed by atoms with Crippen molar-refractivity contribution in [2.75, 3.05) is 0 Å². The SMILES string of the molecule is Cc1ccc(-c2ccc(OC(=O)c3ccc(C(=O)O)c(C(=O)O)c3)cc2)cc1. The molecule has 2 N–H and O–H groups in total. The third kappa shape index (κ3) is 4.07. The fourth-order valence-electron chi connectivity index (χ4n) is 2.66. The molecule has 0 saturated heterocycles. The number of carbonyl (C=O) groups is 3. The maximum Gasteiger partial charge on any atom is 0.343 e. The zero-order chi connectivity index (χ0) is 20.3. The molecule has 0 radical (unpaired) electrons. The largest absolute Gasteiger partial charge is 0.478 e. The van der Waals surface area contributed by atoms with Gasteiger partial charge in [-0.25, -0.2) is 14.4 Å². The van der Waals surface area contributed by atoms with Crippen LogP contribution in [0.1, 0.15) is 36.6 Å². The van der Waals surface area contributed by atoms with Crippen LogP contribution in [0.5, 0.6) is 5.75 Å². The van der Waals surface area contributed by atoms with Gasteiger partial charge in [0.05, 0.1) is 16.7 Å². The monoisotopic (exact) mass is 376 g/mol. The second kappa shape index (κ2) is 7.75. The van der Waals surface area contributed by atoms with Gasteiger partial charge in [-0.15, -0.1) is 0 Å². The van der Waals surface area contributed by atoms with E-state index in [0.29, 0.717) is 5.75 Å². The summed E-state index contributed by atoms with van der Waals surface area (Å²) in [6, 6.07) is 18.2. The molecular weight excluding hydrogens is 360 g/mol. The average Bonchev–Trinajstić information content (AvgIpc) is 2.68. The highest BCUT2D eigenvalue weighted by Gasteiger charge is 2.19. The highest BCUT2D eigenvalue weighted by atomic mass is 16.5. The van der Waals surface area contributed by atoms with Crippen LogP contribution in [-0.2, 0) is 0 Å². The Kier molecular flexibility index (Phi) is 5.22. The number of carbonyl (C=O) groups excluding carboxylic acids is 1. The molecule has 0 unspecified atom stereocenters. The van der Waals surface area contributed by atoms with Crippen molar-refractivity contribution < 1.29 is 29.3 Å². The van der Waals surface area contributed by atoms with Gasteiger partial charge in [-0.1, -0.05) is 42.0 Å². The molecule has 3 rings (SSSR count). The first-order valence-corrected chi connectivity index (χ1v) is 8.35. The second-order valence-electron chi connectivity index (χ2n) is 6.15. The lowest BCUT2D eigenvalue weighted by molar-refractivity contribution is 0.0650. The minimum atomic E-state index is -1.44. The Balaban J connectivity index is 1.79. The standard InChI is InChI=1S/C22H16O6/c1-13-2-4-14(5-3-13)15-6-9-17(10-7-15)28-22(27)16-8-11-18(20(23)24)19(12-16)21(25)26/h2-12H,1H3,(H,23,24)(H,25,26). The number of hydrogen-bond donors (Lipinski definition) is 2. The second-order valence-corrected chi connectivity index (χ2v) is 6.15. The van der Waals surface area contributed by atoms with Crippen LogP contribution in [-0.4, -0.2) is 28.1 Å². The van der Waals surface area contributed by atoms with Crippen LogP contribution in [0.2, 0.25) is 0 Å². The Bertz CT molecular complexity index is 1050. The van der Waals surface area contributed by atoms with E-state index >= 15 is 0 Å². The van der Waals surface area contributed by atoms with Gasteiger partial charge in [-0.3, -0.25) is 0 Å². The average molecular weight is 376 g/mol. The summed E-state index contributed by atoms with van der Waals surface area (Å²) in [5.41, 5.74) is 2.22. The van der Waals surface area contributed by atoms with E-state index in [4.69, 9.17) is 14.9 Å². The summed E-state index contributed by atoms with van der Waals surface area (Å²) in [5.74, 6) is -3.30. The van der Waals surface area contributed by atoms with E-state index in [1.54, 1.807) is 12.1 Å². The fourth-order valence-corrected chi connectivity index (χ4v) is 2.66. The molecule has 0 fully saturated rings. The summed E-state index contributed by atoms with van der Waals surface area (Å²) in [4.78, 5) is 34.6. The number of benzene rings is 3. The number of aromatic carboxylic acids is 2. The molecule has 0 aliphatic rings. The van der Waals surface area contributed by atoms with Crippen LogP contribution in [0.15, 0.2) is 66.7 Å². The highest BCUT2D eigenvalue weighted by Crippen LogP contribution is 2.23. The van der Waals surface area contributed by atoms with Gasteiger partial charge < -0.3 is 14.9 Å². The van der Waals surface area contributed by atoms with Gasteiger partial charge in [0.2, 0.25) is 0 Å². The van der Waals surface area contributed by atoms with Gasteiger partial charge in [0, 0.05) is 0 Å². The highest BCUT2D eigenvalue weighted by molar-refractivity contribution is 6.04. The molecule has 0 aliphatic carbocycles. The summed E-state index contributed by atoms with van der Waals surface area (Å²) >= 11 is 0. The van der Waals surface area contributed by atoms with Crippen LogP contribution < -0.4 is 4.74 Å². The topological polar surface area (TPSA) is 101 Å². The first-order valence-electron chi connectivity index (χ1n) is 8.35. The Morgan fingerprint density at radius 1 is 0.714 bits per heavy atom. The van der Waals surface area contributed by atoms with Crippen molar-refractivity contribution in [3.8, 4) is 16.9 Å². The Labute approximate surface area is 160 Å². The van der Waals surface area contributed by atoms with Gasteiger partial charge >= 0.3 is 17.9 Å². The van der Waals surface area contributed by atoms with Crippen molar-refractivity contribution in [2.45, 2.75) is 6.92 Å². The van der Waals surface area contributed by atoms with E-state index in [9.17, 15) is 14.4 Å². The molecule has 0 aliphatic heterocycles. The molecular formula is C22H16O6. The number of aryl methyl sites for hydroxylation is 1. The maximum atomic E-state index is 12.3. The van der Waals surface area contributed by atoms with Crippen molar-refractivity contribution in [3.05, 3.63) is 89.0 Å². The van der Waals surface area contributed by atoms with Gasteiger partial charge in [0.1, 0.15) is 5.75 Å². The van der Waals surface area contributed by atoms with Gasteiger partial charge in [0.25, 0.3) is 0 Å². The van der Waals surface area contributed by atoms with Crippen LogP contribution >= 0.6 is 0 Å². The predicted molar refractivity (Wildman–Crippen MR) is 102 cm³/mol. The molecule has 0 saturated carbocycles. The molecule has 0 atom stereocenters. The quantitative estimate of drug-likeness (QED) is 0.509. The van der Waals surface area contributed by atoms with Gasteiger partial charge in [-0.2, -0.15) is 0 Å². The van der Waals surface area contributed by atoms with Crippen LogP contribution in [0.25, 0.3) is 11.1 Å². The van der Waals surface area contributed by atoms with E-state index in [-0.39, 0.29) is 5.56 Å². The van der Waals surface area contributed by atoms with Crippen molar-refractivity contribution in [1.82, 2.24) is 0 Å². The normalized spacial score (nSPS) is 10.3. The van der Waals surface area contributed by atoms with Crippen LogP contribution in [0.3, 0.4) is 0 Å². The number of hydrogen-bond acceptors (Lipinski definition) is 4. The number of esters is 1. The van der Waals surface area contributed by atoms with E-state index in [1.165, 1.54) is 6.07 Å². The smallest absolute Gasteiger partial charge is 0.343 e. The summed E-state index contributed by atoms with van der Waals surface area (Å²) in [6.07, 6.45) is 0. The molecule has 0 amide bonds. The Morgan fingerprint density at radius 2 is 1.25 bits per heavy atom. The van der Waals surface area contributed by atoms with E-state index in [0.717, 1.165) is 28.8 Å². The summed E-state index contributed by atoms with van der Waals surface area (Å²) < 4.78 is 5.27. The first kappa shape index (κ1) is 18.8.